The van der Waals surface area contributed by atoms with Crippen molar-refractivity contribution in [3.05, 3.63) is 18.6 Å². The highest BCUT2D eigenvalue weighted by Crippen LogP contribution is 2.15. The zero-order chi connectivity index (χ0) is 14.1. The number of nitrogens with one attached hydrogen (secondary N) is 1. The first kappa shape index (κ1) is 15.3. The Morgan fingerprint density at radius 2 is 2.16 bits per heavy atom. The van der Waals surface area contributed by atoms with Crippen molar-refractivity contribution in [2.24, 2.45) is 0 Å². The Kier molecular flexibility index (Phi) is 6.78. The maximum absolute atomic E-state index is 11.5. The van der Waals surface area contributed by atoms with Gasteiger partial charge in [-0.3, -0.25) is 9.18 Å². The van der Waals surface area contributed by atoms with E-state index in [1.807, 2.05) is 17.9 Å². The summed E-state index contributed by atoms with van der Waals surface area (Å²) in [6, 6.07) is 2.27. The molecule has 0 unspecified atom stereocenters. The summed E-state index contributed by atoms with van der Waals surface area (Å²) in [4.78, 5) is 21.5. The largest absolute Gasteiger partial charge is 0.367 e. The fourth-order valence-corrected chi connectivity index (χ4v) is 2.08. The van der Waals surface area contributed by atoms with Gasteiger partial charge in [-0.25, -0.2) is 9.97 Å². The lowest BCUT2D eigenvalue weighted by Crippen LogP contribution is -2.42. The zero-order valence-electron chi connectivity index (χ0n) is 11.5. The second-order valence-electron chi connectivity index (χ2n) is 4.25. The van der Waals surface area contributed by atoms with Crippen molar-refractivity contribution in [2.45, 2.75) is 32.2 Å². The number of aromatic nitrogens is 2. The molecule has 1 N–H and O–H groups in total. The van der Waals surface area contributed by atoms with E-state index in [9.17, 15) is 9.18 Å². The fraction of sp³-hybridized carbons (Fsp3) is 0.615. The fourth-order valence-electron chi connectivity index (χ4n) is 2.08. The lowest BCUT2D eigenvalue weighted by Gasteiger charge is -2.32. The quantitative estimate of drug-likeness (QED) is 0.909. The van der Waals surface area contributed by atoms with E-state index in [-0.39, 0.29) is 5.91 Å². The Balaban J connectivity index is 0.000000861. The second kappa shape index (κ2) is 8.39. The molecule has 2 rings (SSSR count). The van der Waals surface area contributed by atoms with E-state index in [1.165, 1.54) is 6.33 Å². The first-order valence-electron chi connectivity index (χ1n) is 6.47. The van der Waals surface area contributed by atoms with Crippen LogP contribution in [0.25, 0.3) is 0 Å². The molecule has 1 aromatic rings. The minimum atomic E-state index is 0.255. The highest BCUT2D eigenvalue weighted by atomic mass is 19.1. The Morgan fingerprint density at radius 3 is 2.68 bits per heavy atom. The molecular formula is C13H21FN4O. The highest BCUT2D eigenvalue weighted by Gasteiger charge is 2.21. The number of piperidine rings is 1. The molecular weight excluding hydrogens is 247 g/mol. The molecule has 19 heavy (non-hydrogen) atoms. The Labute approximate surface area is 113 Å². The van der Waals surface area contributed by atoms with Crippen molar-refractivity contribution in [1.29, 1.82) is 0 Å². The molecule has 0 radical (unpaired) electrons. The van der Waals surface area contributed by atoms with Crippen LogP contribution in [0.5, 0.6) is 0 Å². The lowest BCUT2D eigenvalue weighted by atomic mass is 10.0. The Hall–Kier alpha value is -1.72. The van der Waals surface area contributed by atoms with Gasteiger partial charge in [0.15, 0.2) is 0 Å². The van der Waals surface area contributed by atoms with E-state index in [1.54, 1.807) is 6.20 Å². The molecule has 1 amide bonds. The van der Waals surface area contributed by atoms with Crippen LogP contribution in [0.4, 0.5) is 10.2 Å². The van der Waals surface area contributed by atoms with Crippen LogP contribution in [-0.2, 0) is 4.79 Å². The summed E-state index contributed by atoms with van der Waals surface area (Å²) in [6.07, 6.45) is 5.83. The third kappa shape index (κ3) is 4.81. The number of likely N-dealkylation sites (tertiary alicyclic amines) is 1. The predicted molar refractivity (Wildman–Crippen MR) is 72.6 cm³/mol. The smallest absolute Gasteiger partial charge is 0.222 e. The van der Waals surface area contributed by atoms with Crippen molar-refractivity contribution in [3.63, 3.8) is 0 Å². The number of anilines is 1. The molecule has 6 heteroatoms. The number of carbonyl (C=O) groups is 1. The molecule has 0 aromatic carbocycles. The van der Waals surface area contributed by atoms with Crippen molar-refractivity contribution in [2.75, 3.05) is 25.6 Å². The highest BCUT2D eigenvalue weighted by molar-refractivity contribution is 5.75. The minimum Gasteiger partial charge on any atom is -0.367 e. The molecule has 0 spiro atoms. The minimum absolute atomic E-state index is 0.255. The topological polar surface area (TPSA) is 58.1 Å². The van der Waals surface area contributed by atoms with Gasteiger partial charge >= 0.3 is 0 Å². The van der Waals surface area contributed by atoms with Gasteiger partial charge in [-0.2, -0.15) is 0 Å². The number of carbonyl (C=O) groups excluding carboxylic acids is 1. The van der Waals surface area contributed by atoms with Crippen LogP contribution in [0.2, 0.25) is 0 Å². The van der Waals surface area contributed by atoms with E-state index in [0.717, 1.165) is 31.7 Å². The van der Waals surface area contributed by atoms with Crippen molar-refractivity contribution in [1.82, 2.24) is 14.9 Å². The van der Waals surface area contributed by atoms with Gasteiger partial charge in [0.1, 0.15) is 12.1 Å². The number of hydrogen-bond acceptors (Lipinski definition) is 4. The van der Waals surface area contributed by atoms with Gasteiger partial charge < -0.3 is 10.2 Å². The molecule has 1 fully saturated rings. The molecule has 5 nitrogen and oxygen atoms in total. The molecule has 106 valence electrons. The van der Waals surface area contributed by atoms with Crippen molar-refractivity contribution < 1.29 is 9.18 Å². The van der Waals surface area contributed by atoms with Gasteiger partial charge in [0.05, 0.1) is 7.18 Å². The van der Waals surface area contributed by atoms with Crippen molar-refractivity contribution in [3.8, 4) is 0 Å². The number of nitrogens with zero attached hydrogens (tertiary/aromatic N) is 3. The van der Waals surface area contributed by atoms with Gasteiger partial charge in [-0.15, -0.1) is 0 Å². The number of hydrogen-bond donors (Lipinski definition) is 1. The van der Waals surface area contributed by atoms with E-state index in [0.29, 0.717) is 19.6 Å². The van der Waals surface area contributed by atoms with Crippen LogP contribution in [0, 0.1) is 0 Å². The van der Waals surface area contributed by atoms with E-state index >= 15 is 0 Å². The van der Waals surface area contributed by atoms with Crippen LogP contribution in [0.15, 0.2) is 18.6 Å². The molecule has 1 saturated heterocycles. The molecule has 1 aromatic heterocycles. The van der Waals surface area contributed by atoms with E-state index in [4.69, 9.17) is 0 Å². The van der Waals surface area contributed by atoms with E-state index in [2.05, 4.69) is 15.3 Å². The van der Waals surface area contributed by atoms with Gasteiger partial charge in [0.2, 0.25) is 5.91 Å². The van der Waals surface area contributed by atoms with Gasteiger partial charge in [0.25, 0.3) is 0 Å². The first-order valence-corrected chi connectivity index (χ1v) is 6.47. The first-order chi connectivity index (χ1) is 9.29. The summed E-state index contributed by atoms with van der Waals surface area (Å²) < 4.78 is 9.50. The summed E-state index contributed by atoms with van der Waals surface area (Å²) in [5.74, 6) is 1.12. The van der Waals surface area contributed by atoms with Gasteiger partial charge in [-0.05, 0) is 18.9 Å². The lowest BCUT2D eigenvalue weighted by molar-refractivity contribution is -0.131. The summed E-state index contributed by atoms with van der Waals surface area (Å²) >= 11 is 0. The molecule has 1 aliphatic heterocycles. The number of alkyl halides is 1. The molecule has 0 aliphatic carbocycles. The van der Waals surface area contributed by atoms with Crippen LogP contribution in [0.3, 0.4) is 0 Å². The standard InChI is InChI=1S/C12H18N4O.CH3F/c1-2-12(17)16-7-4-10(5-8-16)15-11-3-6-13-9-14-11;1-2/h3,6,9-10H,2,4-5,7-8H2,1H3,(H,13,14,15);1H3. The molecule has 0 atom stereocenters. The van der Waals surface area contributed by atoms with Crippen LogP contribution >= 0.6 is 0 Å². The van der Waals surface area contributed by atoms with Crippen molar-refractivity contribution >= 4 is 11.7 Å². The van der Waals surface area contributed by atoms with Gasteiger partial charge in [-0.1, -0.05) is 6.92 Å². The number of amides is 1. The van der Waals surface area contributed by atoms with Crippen LogP contribution in [-0.4, -0.2) is 47.1 Å². The Morgan fingerprint density at radius 1 is 1.47 bits per heavy atom. The molecule has 2 heterocycles. The number of halogens is 1. The SMILES string of the molecule is CCC(=O)N1CCC(Nc2ccncn2)CC1.CF. The number of rotatable bonds is 3. The summed E-state index contributed by atoms with van der Waals surface area (Å²) in [5.41, 5.74) is 0. The third-order valence-electron chi connectivity index (χ3n) is 3.08. The van der Waals surface area contributed by atoms with Crippen LogP contribution in [0.1, 0.15) is 26.2 Å². The molecule has 1 aliphatic rings. The molecule has 0 saturated carbocycles. The van der Waals surface area contributed by atoms with Crippen LogP contribution < -0.4 is 5.32 Å². The maximum Gasteiger partial charge on any atom is 0.222 e. The normalized spacial score (nSPS) is 15.4. The average molecular weight is 268 g/mol. The van der Waals surface area contributed by atoms with E-state index < -0.39 is 0 Å². The predicted octanol–water partition coefficient (Wildman–Crippen LogP) is 1.88. The van der Waals surface area contributed by atoms with Gasteiger partial charge in [0, 0.05) is 31.7 Å². The summed E-state index contributed by atoms with van der Waals surface area (Å²) in [6.45, 7) is 3.60. The monoisotopic (exact) mass is 268 g/mol. The maximum atomic E-state index is 11.5. The zero-order valence-corrected chi connectivity index (χ0v) is 11.5. The summed E-state index contributed by atoms with van der Waals surface area (Å²) in [7, 11) is 0.500. The Bertz CT molecular complexity index is 366. The average Bonchev–Trinajstić information content (AvgIpc) is 2.50. The third-order valence-corrected chi connectivity index (χ3v) is 3.08. The second-order valence-corrected chi connectivity index (χ2v) is 4.25. The molecule has 0 bridgehead atoms. The summed E-state index contributed by atoms with van der Waals surface area (Å²) in [5, 5.41) is 3.37.